The predicted molar refractivity (Wildman–Crippen MR) is 112 cm³/mol. The first-order valence-corrected chi connectivity index (χ1v) is 9.74. The van der Waals surface area contributed by atoms with Crippen LogP contribution in [0.2, 0.25) is 0 Å². The van der Waals surface area contributed by atoms with E-state index in [1.165, 1.54) is 0 Å². The fourth-order valence-corrected chi connectivity index (χ4v) is 3.09. The van der Waals surface area contributed by atoms with E-state index in [1.54, 1.807) is 37.2 Å². The number of carbonyl (C=O) groups excluding carboxylic acids is 1. The Balaban J connectivity index is 1.79. The predicted octanol–water partition coefficient (Wildman–Crippen LogP) is 3.47. The molecule has 0 fully saturated rings. The Morgan fingerprint density at radius 2 is 1.76 bits per heavy atom. The number of nitrogens with zero attached hydrogens (tertiary/aromatic N) is 4. The Morgan fingerprint density at radius 3 is 2.45 bits per heavy atom. The molecule has 1 amide bonds. The maximum absolute atomic E-state index is 13.2. The third-order valence-corrected chi connectivity index (χ3v) is 4.70. The maximum atomic E-state index is 13.2. The van der Waals surface area contributed by atoms with Crippen LogP contribution in [-0.4, -0.2) is 44.0 Å². The van der Waals surface area contributed by atoms with Gasteiger partial charge >= 0.3 is 0 Å². The molecule has 2 aromatic heterocycles. The second kappa shape index (κ2) is 8.92. The molecule has 0 saturated carbocycles. The van der Waals surface area contributed by atoms with Gasteiger partial charge in [0.05, 0.1) is 11.3 Å². The second-order valence-electron chi connectivity index (χ2n) is 7.33. The Morgan fingerprint density at radius 1 is 1.03 bits per heavy atom. The van der Waals surface area contributed by atoms with Crippen molar-refractivity contribution < 1.29 is 9.90 Å². The number of hydrogen-bond donors (Lipinski definition) is 1. The van der Waals surface area contributed by atoms with Gasteiger partial charge in [0.1, 0.15) is 5.60 Å². The molecule has 0 aliphatic rings. The van der Waals surface area contributed by atoms with Gasteiger partial charge in [0.25, 0.3) is 5.91 Å². The van der Waals surface area contributed by atoms with Crippen molar-refractivity contribution in [3.05, 3.63) is 77.9 Å². The van der Waals surface area contributed by atoms with E-state index in [-0.39, 0.29) is 5.91 Å². The topological polar surface area (TPSA) is 79.2 Å². The molecular formula is C23H26N4O2. The van der Waals surface area contributed by atoms with Crippen molar-refractivity contribution in [2.24, 2.45) is 0 Å². The van der Waals surface area contributed by atoms with Crippen LogP contribution < -0.4 is 0 Å². The summed E-state index contributed by atoms with van der Waals surface area (Å²) in [5.41, 5.74) is 1.77. The lowest BCUT2D eigenvalue weighted by Gasteiger charge is -2.22. The second-order valence-corrected chi connectivity index (χ2v) is 7.33. The van der Waals surface area contributed by atoms with E-state index in [9.17, 15) is 9.90 Å². The number of hydrogen-bond acceptors (Lipinski definition) is 5. The Kier molecular flexibility index (Phi) is 6.34. The van der Waals surface area contributed by atoms with Crippen LogP contribution in [0.1, 0.15) is 42.5 Å². The maximum Gasteiger partial charge on any atom is 0.254 e. The largest absolute Gasteiger partial charge is 0.384 e. The molecule has 1 aromatic carbocycles. The van der Waals surface area contributed by atoms with Crippen molar-refractivity contribution in [1.29, 1.82) is 0 Å². The zero-order chi connectivity index (χ0) is 20.9. The summed E-state index contributed by atoms with van der Waals surface area (Å²) < 4.78 is 0. The van der Waals surface area contributed by atoms with Gasteiger partial charge in [0, 0.05) is 43.2 Å². The number of carbonyl (C=O) groups is 1. The number of likely N-dealkylation sites (N-methyl/N-ethyl adjacent to an activating group) is 1. The van der Waals surface area contributed by atoms with Gasteiger partial charge in [-0.25, -0.2) is 9.97 Å². The first-order valence-electron chi connectivity index (χ1n) is 9.74. The van der Waals surface area contributed by atoms with E-state index in [1.807, 2.05) is 49.4 Å². The molecule has 0 saturated heterocycles. The van der Waals surface area contributed by atoms with Gasteiger partial charge in [-0.3, -0.25) is 9.78 Å². The summed E-state index contributed by atoms with van der Waals surface area (Å²) in [5, 5.41) is 10.2. The minimum absolute atomic E-state index is 0.0609. The van der Waals surface area contributed by atoms with Crippen LogP contribution >= 0.6 is 0 Å². The number of rotatable bonds is 7. The standard InChI is InChI=1S/C23H26N4O2/c1-4-27(16-13-17-9-7-12-20(26-17)23(2,3)29)22(28)19-11-6-5-10-18(19)21-24-14-8-15-25-21/h5-12,14-15,29H,4,13,16H2,1-3H3. The molecule has 3 rings (SSSR count). The van der Waals surface area contributed by atoms with Gasteiger partial charge in [-0.15, -0.1) is 0 Å². The van der Waals surface area contributed by atoms with Crippen LogP contribution in [0.5, 0.6) is 0 Å². The third kappa shape index (κ3) is 5.03. The van der Waals surface area contributed by atoms with Crippen molar-refractivity contribution in [3.8, 4) is 11.4 Å². The highest BCUT2D eigenvalue weighted by Crippen LogP contribution is 2.22. The number of aromatic nitrogens is 3. The molecule has 0 aliphatic carbocycles. The quantitative estimate of drug-likeness (QED) is 0.668. The van der Waals surface area contributed by atoms with Gasteiger partial charge < -0.3 is 10.0 Å². The normalized spacial score (nSPS) is 11.3. The first kappa shape index (κ1) is 20.6. The molecule has 150 valence electrons. The summed E-state index contributed by atoms with van der Waals surface area (Å²) in [6.45, 7) is 6.49. The number of pyridine rings is 1. The van der Waals surface area contributed by atoms with E-state index < -0.39 is 5.60 Å². The third-order valence-electron chi connectivity index (χ3n) is 4.70. The average molecular weight is 390 g/mol. The SMILES string of the molecule is CCN(CCc1cccc(C(C)(C)O)n1)C(=O)c1ccccc1-c1ncccn1. The van der Waals surface area contributed by atoms with Crippen molar-refractivity contribution in [2.75, 3.05) is 13.1 Å². The summed E-state index contributed by atoms with van der Waals surface area (Å²) >= 11 is 0. The smallest absolute Gasteiger partial charge is 0.254 e. The lowest BCUT2D eigenvalue weighted by atomic mass is 10.0. The molecular weight excluding hydrogens is 364 g/mol. The van der Waals surface area contributed by atoms with Gasteiger partial charge in [-0.05, 0) is 45.0 Å². The van der Waals surface area contributed by atoms with Crippen LogP contribution in [0.15, 0.2) is 60.9 Å². The van der Waals surface area contributed by atoms with E-state index in [0.29, 0.717) is 36.6 Å². The van der Waals surface area contributed by atoms with E-state index in [0.717, 1.165) is 11.3 Å². The highest BCUT2D eigenvalue weighted by molar-refractivity contribution is 6.00. The van der Waals surface area contributed by atoms with Crippen LogP contribution in [0.4, 0.5) is 0 Å². The molecule has 0 unspecified atom stereocenters. The average Bonchev–Trinajstić information content (AvgIpc) is 2.74. The summed E-state index contributed by atoms with van der Waals surface area (Å²) in [4.78, 5) is 28.1. The van der Waals surface area contributed by atoms with Gasteiger partial charge in [0.15, 0.2) is 5.82 Å². The van der Waals surface area contributed by atoms with Gasteiger partial charge in [-0.2, -0.15) is 0 Å². The summed E-state index contributed by atoms with van der Waals surface area (Å²) in [5.74, 6) is 0.473. The number of benzene rings is 1. The minimum Gasteiger partial charge on any atom is -0.384 e. The Labute approximate surface area is 171 Å². The number of aliphatic hydroxyl groups is 1. The molecule has 1 N–H and O–H groups in total. The van der Waals surface area contributed by atoms with Crippen LogP contribution in [0, 0.1) is 0 Å². The summed E-state index contributed by atoms with van der Waals surface area (Å²) in [7, 11) is 0. The summed E-state index contributed by atoms with van der Waals surface area (Å²) in [6.07, 6.45) is 3.94. The molecule has 0 radical (unpaired) electrons. The molecule has 0 spiro atoms. The molecule has 2 heterocycles. The summed E-state index contributed by atoms with van der Waals surface area (Å²) in [6, 6.07) is 14.8. The zero-order valence-electron chi connectivity index (χ0n) is 17.0. The highest BCUT2D eigenvalue weighted by Gasteiger charge is 2.20. The zero-order valence-corrected chi connectivity index (χ0v) is 17.0. The van der Waals surface area contributed by atoms with Crippen molar-refractivity contribution in [2.45, 2.75) is 32.8 Å². The van der Waals surface area contributed by atoms with Crippen molar-refractivity contribution in [3.63, 3.8) is 0 Å². The minimum atomic E-state index is -0.995. The van der Waals surface area contributed by atoms with Gasteiger partial charge in [-0.1, -0.05) is 24.3 Å². The lowest BCUT2D eigenvalue weighted by molar-refractivity contribution is 0.0728. The fourth-order valence-electron chi connectivity index (χ4n) is 3.09. The Bertz CT molecular complexity index is 968. The molecule has 6 nitrogen and oxygen atoms in total. The van der Waals surface area contributed by atoms with Crippen molar-refractivity contribution >= 4 is 5.91 Å². The molecule has 0 atom stereocenters. The van der Waals surface area contributed by atoms with Crippen LogP contribution in [-0.2, 0) is 12.0 Å². The van der Waals surface area contributed by atoms with E-state index >= 15 is 0 Å². The molecule has 3 aromatic rings. The molecule has 6 heteroatoms. The van der Waals surface area contributed by atoms with E-state index in [2.05, 4.69) is 15.0 Å². The fraction of sp³-hybridized carbons (Fsp3) is 0.304. The lowest BCUT2D eigenvalue weighted by Crippen LogP contribution is -2.33. The monoisotopic (exact) mass is 390 g/mol. The highest BCUT2D eigenvalue weighted by atomic mass is 16.3. The van der Waals surface area contributed by atoms with Crippen LogP contribution in [0.25, 0.3) is 11.4 Å². The molecule has 0 aliphatic heterocycles. The van der Waals surface area contributed by atoms with Gasteiger partial charge in [0.2, 0.25) is 0 Å². The van der Waals surface area contributed by atoms with Crippen molar-refractivity contribution in [1.82, 2.24) is 19.9 Å². The first-order chi connectivity index (χ1) is 13.9. The number of amides is 1. The van der Waals surface area contributed by atoms with Crippen LogP contribution in [0.3, 0.4) is 0 Å². The molecule has 29 heavy (non-hydrogen) atoms. The van der Waals surface area contributed by atoms with E-state index in [4.69, 9.17) is 0 Å². The Hall–Kier alpha value is -3.12. The molecule has 0 bridgehead atoms.